The molecule has 0 amide bonds. The second-order valence-corrected chi connectivity index (χ2v) is 5.51. The average molecular weight is 304 g/mol. The van der Waals surface area contributed by atoms with Crippen molar-refractivity contribution in [3.05, 3.63) is 41.5 Å². The molecule has 0 unspecified atom stereocenters. The fraction of sp³-hybridized carbons (Fsp3) is 0.429. The van der Waals surface area contributed by atoms with Gasteiger partial charge in [-0.3, -0.25) is 0 Å². The molecule has 1 fully saturated rings. The summed E-state index contributed by atoms with van der Waals surface area (Å²) in [6, 6.07) is 4.97. The molecule has 0 saturated carbocycles. The van der Waals surface area contributed by atoms with Crippen LogP contribution in [-0.4, -0.2) is 31.0 Å². The van der Waals surface area contributed by atoms with Crippen LogP contribution in [0.1, 0.15) is 11.1 Å². The van der Waals surface area contributed by atoms with Crippen molar-refractivity contribution in [2.75, 3.05) is 19.5 Å². The SMILES string of the molecule is CSC1COC(C=Cc2ccc(C(F)(F)F)cc2)OC1. The molecule has 0 aromatic heterocycles. The normalized spacial score (nSPS) is 24.2. The highest BCUT2D eigenvalue weighted by atomic mass is 32.2. The third-order valence-corrected chi connectivity index (χ3v) is 3.85. The number of ether oxygens (including phenoxy) is 2. The van der Waals surface area contributed by atoms with Crippen molar-refractivity contribution in [2.45, 2.75) is 17.7 Å². The second kappa shape index (κ2) is 6.65. The van der Waals surface area contributed by atoms with E-state index in [1.54, 1.807) is 23.9 Å². The first-order valence-electron chi connectivity index (χ1n) is 6.10. The molecule has 0 spiro atoms. The van der Waals surface area contributed by atoms with Crippen molar-refractivity contribution in [3.63, 3.8) is 0 Å². The molecule has 1 heterocycles. The summed E-state index contributed by atoms with van der Waals surface area (Å²) in [5, 5.41) is 0.339. The molecule has 6 heteroatoms. The molecule has 2 rings (SSSR count). The third kappa shape index (κ3) is 4.26. The molecular formula is C14H15F3O2S. The van der Waals surface area contributed by atoms with Crippen LogP contribution in [-0.2, 0) is 15.7 Å². The number of hydrogen-bond acceptors (Lipinski definition) is 3. The number of alkyl halides is 3. The van der Waals surface area contributed by atoms with Gasteiger partial charge in [0, 0.05) is 0 Å². The standard InChI is InChI=1S/C14H15F3O2S/c1-20-12-8-18-13(19-9-12)7-4-10-2-5-11(6-3-10)14(15,16)17/h2-7,12-13H,8-9H2,1H3. The molecule has 1 aromatic carbocycles. The monoisotopic (exact) mass is 304 g/mol. The van der Waals surface area contributed by atoms with Gasteiger partial charge in [-0.15, -0.1) is 0 Å². The van der Waals surface area contributed by atoms with Gasteiger partial charge in [0.1, 0.15) is 0 Å². The molecule has 0 radical (unpaired) electrons. The molecule has 20 heavy (non-hydrogen) atoms. The Hall–Kier alpha value is -0.980. The van der Waals surface area contributed by atoms with E-state index < -0.39 is 18.0 Å². The number of rotatable bonds is 3. The second-order valence-electron chi connectivity index (χ2n) is 4.37. The van der Waals surface area contributed by atoms with Gasteiger partial charge in [0.05, 0.1) is 24.0 Å². The highest BCUT2D eigenvalue weighted by molar-refractivity contribution is 7.99. The third-order valence-electron chi connectivity index (χ3n) is 2.91. The van der Waals surface area contributed by atoms with Crippen molar-refractivity contribution in [1.29, 1.82) is 0 Å². The zero-order valence-corrected chi connectivity index (χ0v) is 11.7. The van der Waals surface area contributed by atoms with Crippen LogP contribution >= 0.6 is 11.8 Å². The Morgan fingerprint density at radius 1 is 1.15 bits per heavy atom. The lowest BCUT2D eigenvalue weighted by molar-refractivity contribution is -0.145. The fourth-order valence-corrected chi connectivity index (χ4v) is 2.15. The van der Waals surface area contributed by atoms with Crippen molar-refractivity contribution < 1.29 is 22.6 Å². The van der Waals surface area contributed by atoms with Gasteiger partial charge in [-0.2, -0.15) is 24.9 Å². The first-order valence-corrected chi connectivity index (χ1v) is 7.39. The van der Waals surface area contributed by atoms with Gasteiger partial charge in [-0.1, -0.05) is 18.2 Å². The van der Waals surface area contributed by atoms with E-state index >= 15 is 0 Å². The highest BCUT2D eigenvalue weighted by Gasteiger charge is 2.29. The molecule has 110 valence electrons. The predicted molar refractivity (Wildman–Crippen MR) is 73.5 cm³/mol. The zero-order chi connectivity index (χ0) is 14.6. The number of hydrogen-bond donors (Lipinski definition) is 0. The average Bonchev–Trinajstić information content (AvgIpc) is 2.45. The van der Waals surface area contributed by atoms with Crippen LogP contribution in [0, 0.1) is 0 Å². The first kappa shape index (κ1) is 15.4. The lowest BCUT2D eigenvalue weighted by Crippen LogP contribution is -2.32. The van der Waals surface area contributed by atoms with Crippen LogP contribution in [0.3, 0.4) is 0 Å². The van der Waals surface area contributed by atoms with Crippen LogP contribution in [0.15, 0.2) is 30.3 Å². The van der Waals surface area contributed by atoms with Gasteiger partial charge in [-0.25, -0.2) is 0 Å². The van der Waals surface area contributed by atoms with Gasteiger partial charge >= 0.3 is 6.18 Å². The van der Waals surface area contributed by atoms with Crippen molar-refractivity contribution in [1.82, 2.24) is 0 Å². The minimum absolute atomic E-state index is 0.339. The maximum atomic E-state index is 12.4. The van der Waals surface area contributed by atoms with Crippen LogP contribution in [0.2, 0.25) is 0 Å². The maximum absolute atomic E-state index is 12.4. The van der Waals surface area contributed by atoms with E-state index in [9.17, 15) is 13.2 Å². The Morgan fingerprint density at radius 2 is 1.75 bits per heavy atom. The van der Waals surface area contributed by atoms with E-state index in [1.165, 1.54) is 12.1 Å². The Bertz CT molecular complexity index is 448. The van der Waals surface area contributed by atoms with Gasteiger partial charge in [0.15, 0.2) is 6.29 Å². The summed E-state index contributed by atoms with van der Waals surface area (Å²) >= 11 is 1.69. The molecular weight excluding hydrogens is 289 g/mol. The van der Waals surface area contributed by atoms with Gasteiger partial charge in [-0.05, 0) is 30.0 Å². The maximum Gasteiger partial charge on any atom is 0.416 e. The summed E-state index contributed by atoms with van der Waals surface area (Å²) in [5.41, 5.74) is 0.0276. The lowest BCUT2D eigenvalue weighted by Gasteiger charge is -2.26. The summed E-state index contributed by atoms with van der Waals surface area (Å²) in [4.78, 5) is 0. The summed E-state index contributed by atoms with van der Waals surface area (Å²) in [5.74, 6) is 0. The molecule has 0 N–H and O–H groups in total. The van der Waals surface area contributed by atoms with Crippen LogP contribution in [0.4, 0.5) is 13.2 Å². The minimum atomic E-state index is -4.30. The largest absolute Gasteiger partial charge is 0.416 e. The summed E-state index contributed by atoms with van der Waals surface area (Å²) in [7, 11) is 0. The molecule has 1 aliphatic heterocycles. The molecule has 1 saturated heterocycles. The predicted octanol–water partition coefficient (Wildman–Crippen LogP) is 3.82. The van der Waals surface area contributed by atoms with Crippen molar-refractivity contribution >= 4 is 17.8 Å². The van der Waals surface area contributed by atoms with E-state index in [0.29, 0.717) is 24.0 Å². The van der Waals surface area contributed by atoms with E-state index in [0.717, 1.165) is 12.1 Å². The molecule has 1 aromatic rings. The minimum Gasteiger partial charge on any atom is -0.348 e. The van der Waals surface area contributed by atoms with E-state index in [-0.39, 0.29) is 0 Å². The number of benzene rings is 1. The van der Waals surface area contributed by atoms with Gasteiger partial charge in [0.2, 0.25) is 0 Å². The Labute approximate surface area is 120 Å². The summed E-state index contributed by atoms with van der Waals surface area (Å²) < 4.78 is 48.2. The van der Waals surface area contributed by atoms with Crippen LogP contribution in [0.25, 0.3) is 6.08 Å². The van der Waals surface area contributed by atoms with Crippen molar-refractivity contribution in [2.24, 2.45) is 0 Å². The topological polar surface area (TPSA) is 18.5 Å². The fourth-order valence-electron chi connectivity index (χ4n) is 1.72. The van der Waals surface area contributed by atoms with Crippen molar-refractivity contribution in [3.8, 4) is 0 Å². The zero-order valence-electron chi connectivity index (χ0n) is 10.9. The van der Waals surface area contributed by atoms with E-state index in [1.807, 2.05) is 6.26 Å². The first-order chi connectivity index (χ1) is 9.49. The number of thioether (sulfide) groups is 1. The molecule has 1 aliphatic rings. The van der Waals surface area contributed by atoms with E-state index in [2.05, 4.69) is 0 Å². The van der Waals surface area contributed by atoms with Gasteiger partial charge in [0.25, 0.3) is 0 Å². The summed E-state index contributed by atoms with van der Waals surface area (Å²) in [6.45, 7) is 1.23. The summed E-state index contributed by atoms with van der Waals surface area (Å²) in [6.07, 6.45) is 0.671. The number of halogens is 3. The highest BCUT2D eigenvalue weighted by Crippen LogP contribution is 2.29. The lowest BCUT2D eigenvalue weighted by atomic mass is 10.1. The molecule has 2 nitrogen and oxygen atoms in total. The smallest absolute Gasteiger partial charge is 0.348 e. The molecule has 0 aliphatic carbocycles. The Morgan fingerprint density at radius 3 is 2.25 bits per heavy atom. The molecule has 0 atom stereocenters. The van der Waals surface area contributed by atoms with Crippen LogP contribution < -0.4 is 0 Å². The Kier molecular flexibility index (Phi) is 5.12. The van der Waals surface area contributed by atoms with E-state index in [4.69, 9.17) is 9.47 Å². The van der Waals surface area contributed by atoms with Crippen LogP contribution in [0.5, 0.6) is 0 Å². The molecule has 0 bridgehead atoms. The Balaban J connectivity index is 1.92. The quantitative estimate of drug-likeness (QED) is 0.845. The van der Waals surface area contributed by atoms with Gasteiger partial charge < -0.3 is 9.47 Å².